The molecule has 0 radical (unpaired) electrons. The van der Waals surface area contributed by atoms with Gasteiger partial charge in [-0.25, -0.2) is 0 Å². The fourth-order valence-corrected chi connectivity index (χ4v) is 2.61. The van der Waals surface area contributed by atoms with Gasteiger partial charge in [-0.15, -0.1) is 0 Å². The summed E-state index contributed by atoms with van der Waals surface area (Å²) in [6.07, 6.45) is 0.866. The van der Waals surface area contributed by atoms with E-state index in [1.165, 1.54) is 11.6 Å². The van der Waals surface area contributed by atoms with E-state index in [0.29, 0.717) is 3.57 Å². The van der Waals surface area contributed by atoms with E-state index in [1.807, 2.05) is 46.9 Å². The Kier molecular flexibility index (Phi) is 5.19. The highest BCUT2D eigenvalue weighted by molar-refractivity contribution is 14.1. The summed E-state index contributed by atoms with van der Waals surface area (Å²) in [6, 6.07) is 12.7. The van der Waals surface area contributed by atoms with Crippen molar-refractivity contribution in [1.82, 2.24) is 0 Å². The monoisotopic (exact) mass is 402 g/mol. The van der Waals surface area contributed by atoms with Crippen LogP contribution in [0, 0.1) is 13.7 Å². The Hall–Kier alpha value is -1.34. The lowest BCUT2D eigenvalue weighted by atomic mass is 10.1. The van der Waals surface area contributed by atoms with Crippen LogP contribution in [0.5, 0.6) is 0 Å². The number of benzene rings is 2. The van der Waals surface area contributed by atoms with Crippen molar-refractivity contribution in [3.63, 3.8) is 0 Å². The molecule has 6 heteroatoms. The minimum absolute atomic E-state index is 0.133. The molecule has 0 atom stereocenters. The SMILES string of the molecule is O=[N+]([O-])c1ccc(NCCc2ccc(Cl)cc2)cc1I. The molecule has 0 aliphatic rings. The molecule has 4 nitrogen and oxygen atoms in total. The number of rotatable bonds is 5. The van der Waals surface area contributed by atoms with Gasteiger partial charge in [-0.1, -0.05) is 23.7 Å². The van der Waals surface area contributed by atoms with Crippen molar-refractivity contribution in [1.29, 1.82) is 0 Å². The van der Waals surface area contributed by atoms with Crippen LogP contribution in [-0.2, 0) is 6.42 Å². The van der Waals surface area contributed by atoms with Gasteiger partial charge in [-0.05, 0) is 58.8 Å². The van der Waals surface area contributed by atoms with Gasteiger partial charge in [-0.2, -0.15) is 0 Å². The quantitative estimate of drug-likeness (QED) is 0.455. The van der Waals surface area contributed by atoms with E-state index in [4.69, 9.17) is 11.6 Å². The van der Waals surface area contributed by atoms with Crippen LogP contribution in [0.15, 0.2) is 42.5 Å². The van der Waals surface area contributed by atoms with Gasteiger partial charge in [0.2, 0.25) is 0 Å². The molecule has 0 saturated heterocycles. The Labute approximate surface area is 135 Å². The predicted octanol–water partition coefficient (Wildman–Crippen LogP) is 4.51. The molecule has 0 saturated carbocycles. The van der Waals surface area contributed by atoms with E-state index < -0.39 is 0 Å². The average molecular weight is 403 g/mol. The first kappa shape index (κ1) is 15.1. The highest BCUT2D eigenvalue weighted by Gasteiger charge is 2.11. The Morgan fingerprint density at radius 3 is 2.50 bits per heavy atom. The van der Waals surface area contributed by atoms with E-state index in [9.17, 15) is 10.1 Å². The van der Waals surface area contributed by atoms with Crippen molar-refractivity contribution in [2.24, 2.45) is 0 Å². The minimum Gasteiger partial charge on any atom is -0.385 e. The standard InChI is InChI=1S/C14H12ClIN2O2/c15-11-3-1-10(2-4-11)7-8-17-12-5-6-14(18(19)20)13(16)9-12/h1-6,9,17H,7-8H2. The summed E-state index contributed by atoms with van der Waals surface area (Å²) >= 11 is 7.80. The molecule has 0 aromatic heterocycles. The Morgan fingerprint density at radius 2 is 1.90 bits per heavy atom. The number of hydrogen-bond acceptors (Lipinski definition) is 3. The van der Waals surface area contributed by atoms with Crippen LogP contribution in [0.4, 0.5) is 11.4 Å². The molecule has 104 valence electrons. The fraction of sp³-hybridized carbons (Fsp3) is 0.143. The largest absolute Gasteiger partial charge is 0.385 e. The predicted molar refractivity (Wildman–Crippen MR) is 89.5 cm³/mol. The number of halogens is 2. The molecule has 20 heavy (non-hydrogen) atoms. The highest BCUT2D eigenvalue weighted by Crippen LogP contribution is 2.24. The third kappa shape index (κ3) is 4.08. The number of anilines is 1. The van der Waals surface area contributed by atoms with Crippen molar-refractivity contribution >= 4 is 45.6 Å². The molecular weight excluding hydrogens is 391 g/mol. The van der Waals surface area contributed by atoms with Gasteiger partial charge in [0.05, 0.1) is 8.49 Å². The minimum atomic E-state index is -0.376. The maximum Gasteiger partial charge on any atom is 0.282 e. The molecule has 1 N–H and O–H groups in total. The van der Waals surface area contributed by atoms with Gasteiger partial charge in [0.25, 0.3) is 5.69 Å². The van der Waals surface area contributed by atoms with Crippen LogP contribution in [0.1, 0.15) is 5.56 Å². The molecule has 0 heterocycles. The van der Waals surface area contributed by atoms with E-state index in [-0.39, 0.29) is 10.6 Å². The second kappa shape index (κ2) is 6.90. The smallest absolute Gasteiger partial charge is 0.282 e. The summed E-state index contributed by atoms with van der Waals surface area (Å²) in [5.41, 5.74) is 2.21. The highest BCUT2D eigenvalue weighted by atomic mass is 127. The third-order valence-electron chi connectivity index (χ3n) is 2.80. The van der Waals surface area contributed by atoms with Crippen LogP contribution in [0.2, 0.25) is 5.02 Å². The lowest BCUT2D eigenvalue weighted by molar-refractivity contribution is -0.385. The summed E-state index contributed by atoms with van der Waals surface area (Å²) in [4.78, 5) is 10.4. The van der Waals surface area contributed by atoms with Crippen LogP contribution in [-0.4, -0.2) is 11.5 Å². The molecule has 0 bridgehead atoms. The molecule has 0 fully saturated rings. The number of nitro groups is 1. The average Bonchev–Trinajstić information content (AvgIpc) is 2.41. The van der Waals surface area contributed by atoms with Crippen molar-refractivity contribution < 1.29 is 4.92 Å². The van der Waals surface area contributed by atoms with E-state index in [1.54, 1.807) is 12.1 Å². The molecule has 2 aromatic carbocycles. The Balaban J connectivity index is 1.92. The first-order chi connectivity index (χ1) is 9.56. The van der Waals surface area contributed by atoms with Crippen molar-refractivity contribution in [2.45, 2.75) is 6.42 Å². The zero-order valence-electron chi connectivity index (χ0n) is 10.5. The molecule has 0 aliphatic heterocycles. The molecule has 0 spiro atoms. The van der Waals surface area contributed by atoms with Crippen LogP contribution in [0.3, 0.4) is 0 Å². The maximum absolute atomic E-state index is 10.7. The molecule has 0 aliphatic carbocycles. The van der Waals surface area contributed by atoms with E-state index >= 15 is 0 Å². The first-order valence-corrected chi connectivity index (χ1v) is 7.44. The van der Waals surface area contributed by atoms with Crippen molar-refractivity contribution in [3.8, 4) is 0 Å². The van der Waals surface area contributed by atoms with Gasteiger partial charge < -0.3 is 5.32 Å². The van der Waals surface area contributed by atoms with E-state index in [2.05, 4.69) is 5.32 Å². The van der Waals surface area contributed by atoms with Crippen LogP contribution in [0.25, 0.3) is 0 Å². The molecular formula is C14H12ClIN2O2. The van der Waals surface area contributed by atoms with Crippen molar-refractivity contribution in [2.75, 3.05) is 11.9 Å². The van der Waals surface area contributed by atoms with Crippen LogP contribution < -0.4 is 5.32 Å². The molecule has 2 aromatic rings. The van der Waals surface area contributed by atoms with E-state index in [0.717, 1.165) is 23.7 Å². The topological polar surface area (TPSA) is 55.2 Å². The zero-order valence-corrected chi connectivity index (χ0v) is 13.4. The summed E-state index contributed by atoms with van der Waals surface area (Å²) < 4.78 is 0.629. The Bertz CT molecular complexity index is 617. The van der Waals surface area contributed by atoms with Gasteiger partial charge in [-0.3, -0.25) is 10.1 Å². The molecule has 2 rings (SSSR count). The maximum atomic E-state index is 10.7. The first-order valence-electron chi connectivity index (χ1n) is 5.98. The summed E-state index contributed by atoms with van der Waals surface area (Å²) in [6.45, 7) is 0.759. The lowest BCUT2D eigenvalue weighted by Gasteiger charge is -2.07. The lowest BCUT2D eigenvalue weighted by Crippen LogP contribution is -2.05. The number of nitro benzene ring substituents is 1. The second-order valence-corrected chi connectivity index (χ2v) is 5.83. The number of hydrogen-bond donors (Lipinski definition) is 1. The summed E-state index contributed by atoms with van der Waals surface area (Å²) in [5, 5.41) is 14.7. The fourth-order valence-electron chi connectivity index (χ4n) is 1.77. The van der Waals surface area contributed by atoms with Gasteiger partial charge in [0, 0.05) is 23.3 Å². The summed E-state index contributed by atoms with van der Waals surface area (Å²) in [5.74, 6) is 0. The number of nitrogens with one attached hydrogen (secondary N) is 1. The van der Waals surface area contributed by atoms with Gasteiger partial charge in [0.1, 0.15) is 0 Å². The third-order valence-corrected chi connectivity index (χ3v) is 3.92. The second-order valence-electron chi connectivity index (χ2n) is 4.23. The van der Waals surface area contributed by atoms with Crippen LogP contribution >= 0.6 is 34.2 Å². The van der Waals surface area contributed by atoms with Gasteiger partial charge >= 0.3 is 0 Å². The normalized spacial score (nSPS) is 10.3. The van der Waals surface area contributed by atoms with Gasteiger partial charge in [0.15, 0.2) is 0 Å². The van der Waals surface area contributed by atoms with Crippen molar-refractivity contribution in [3.05, 3.63) is 66.7 Å². The molecule has 0 amide bonds. The molecule has 0 unspecified atom stereocenters. The summed E-state index contributed by atoms with van der Waals surface area (Å²) in [7, 11) is 0. The number of nitrogens with zero attached hydrogens (tertiary/aromatic N) is 1. The zero-order chi connectivity index (χ0) is 14.5. The Morgan fingerprint density at radius 1 is 1.20 bits per heavy atom.